The van der Waals surface area contributed by atoms with Crippen molar-refractivity contribution in [2.24, 2.45) is 0 Å². The predicted molar refractivity (Wildman–Crippen MR) is 150 cm³/mol. The van der Waals surface area contributed by atoms with Gasteiger partial charge in [-0.15, -0.1) is 0 Å². The second-order valence-corrected chi connectivity index (χ2v) is 10.7. The second kappa shape index (κ2) is 10.2. The molecule has 0 amide bonds. The number of nitrogens with zero attached hydrogens (tertiary/aromatic N) is 3. The first-order valence-corrected chi connectivity index (χ1v) is 13.5. The lowest BCUT2D eigenvalue weighted by atomic mass is 9.97. The Labute approximate surface area is 225 Å². The molecule has 3 aromatic carbocycles. The molecular formula is C29H26N4O5S. The second-order valence-electron chi connectivity index (χ2n) is 8.98. The van der Waals surface area contributed by atoms with Gasteiger partial charge in [-0.05, 0) is 90.7 Å². The van der Waals surface area contributed by atoms with Crippen molar-refractivity contribution < 1.29 is 17.9 Å². The van der Waals surface area contributed by atoms with Crippen molar-refractivity contribution in [2.75, 3.05) is 18.9 Å². The summed E-state index contributed by atoms with van der Waals surface area (Å²) >= 11 is 0. The molecule has 0 unspecified atom stereocenters. The minimum absolute atomic E-state index is 0.0135. The van der Waals surface area contributed by atoms with Gasteiger partial charge in [0.05, 0.1) is 30.3 Å². The van der Waals surface area contributed by atoms with Crippen LogP contribution in [0.1, 0.15) is 11.1 Å². The van der Waals surface area contributed by atoms with Gasteiger partial charge in [-0.2, -0.15) is 0 Å². The van der Waals surface area contributed by atoms with Gasteiger partial charge >= 0.3 is 0 Å². The summed E-state index contributed by atoms with van der Waals surface area (Å²) in [6, 6.07) is 18.9. The lowest BCUT2D eigenvalue weighted by Gasteiger charge is -2.18. The van der Waals surface area contributed by atoms with Crippen molar-refractivity contribution in [3.8, 4) is 28.3 Å². The molecule has 0 aliphatic rings. The number of nitrogens with one attached hydrogen (secondary N) is 1. The number of benzene rings is 3. The van der Waals surface area contributed by atoms with Crippen LogP contribution < -0.4 is 19.8 Å². The maximum absolute atomic E-state index is 13.2. The van der Waals surface area contributed by atoms with Crippen LogP contribution in [0.25, 0.3) is 27.7 Å². The van der Waals surface area contributed by atoms with Gasteiger partial charge in [-0.1, -0.05) is 6.07 Å². The number of fused-ring (bicyclic) bond motifs is 1. The lowest BCUT2D eigenvalue weighted by molar-refractivity contribution is 0.412. The Hall–Kier alpha value is -4.70. The molecule has 0 spiro atoms. The van der Waals surface area contributed by atoms with E-state index in [0.29, 0.717) is 22.3 Å². The Morgan fingerprint density at radius 3 is 2.36 bits per heavy atom. The number of aryl methyl sites for hydroxylation is 2. The summed E-state index contributed by atoms with van der Waals surface area (Å²) in [4.78, 5) is 21.0. The number of ether oxygens (including phenoxy) is 2. The summed E-state index contributed by atoms with van der Waals surface area (Å²) < 4.78 is 41.0. The molecule has 10 heteroatoms. The minimum atomic E-state index is -3.95. The first-order chi connectivity index (χ1) is 18.7. The summed E-state index contributed by atoms with van der Waals surface area (Å²) in [7, 11) is -0.777. The van der Waals surface area contributed by atoms with Crippen molar-refractivity contribution in [3.05, 3.63) is 101 Å². The van der Waals surface area contributed by atoms with E-state index in [9.17, 15) is 13.2 Å². The molecule has 9 nitrogen and oxygen atoms in total. The average Bonchev–Trinajstić information content (AvgIpc) is 2.92. The van der Waals surface area contributed by atoms with Crippen LogP contribution in [0.4, 0.5) is 5.95 Å². The zero-order valence-electron chi connectivity index (χ0n) is 21.8. The third-order valence-corrected chi connectivity index (χ3v) is 7.66. The first kappa shape index (κ1) is 25.9. The van der Waals surface area contributed by atoms with Gasteiger partial charge in [0.25, 0.3) is 15.6 Å². The fraction of sp³-hybridized carbons (Fsp3) is 0.138. The summed E-state index contributed by atoms with van der Waals surface area (Å²) in [5.74, 6) is 1.20. The smallest absolute Gasteiger partial charge is 0.264 e. The highest BCUT2D eigenvalue weighted by atomic mass is 32.2. The Morgan fingerprint density at radius 2 is 1.64 bits per heavy atom. The van der Waals surface area contributed by atoms with Gasteiger partial charge in [-0.3, -0.25) is 9.36 Å². The van der Waals surface area contributed by atoms with Crippen molar-refractivity contribution in [1.29, 1.82) is 0 Å². The largest absolute Gasteiger partial charge is 0.497 e. The molecule has 0 fully saturated rings. The summed E-state index contributed by atoms with van der Waals surface area (Å²) in [6.07, 6.45) is 2.89. The fourth-order valence-electron chi connectivity index (χ4n) is 4.51. The molecule has 0 aliphatic carbocycles. The van der Waals surface area contributed by atoms with E-state index in [-0.39, 0.29) is 16.4 Å². The molecular weight excluding hydrogens is 516 g/mol. The van der Waals surface area contributed by atoms with Crippen LogP contribution in [-0.4, -0.2) is 37.2 Å². The van der Waals surface area contributed by atoms with Gasteiger partial charge in [-0.25, -0.2) is 23.1 Å². The number of methoxy groups -OCH3 is 2. The highest BCUT2D eigenvalue weighted by Gasteiger charge is 2.19. The van der Waals surface area contributed by atoms with Gasteiger partial charge in [0.1, 0.15) is 11.5 Å². The van der Waals surface area contributed by atoms with E-state index in [4.69, 9.17) is 9.47 Å². The molecule has 0 radical (unpaired) electrons. The Morgan fingerprint density at radius 1 is 0.872 bits per heavy atom. The normalized spacial score (nSPS) is 11.4. The van der Waals surface area contributed by atoms with Crippen LogP contribution in [0.2, 0.25) is 0 Å². The topological polar surface area (TPSA) is 112 Å². The number of pyridine rings is 1. The Bertz CT molecular complexity index is 1870. The number of sulfonamides is 1. The zero-order valence-corrected chi connectivity index (χ0v) is 22.6. The quantitative estimate of drug-likeness (QED) is 0.312. The van der Waals surface area contributed by atoms with E-state index in [1.165, 1.54) is 35.2 Å². The van der Waals surface area contributed by atoms with E-state index in [2.05, 4.69) is 20.8 Å². The number of hydrogen-bond donors (Lipinski definition) is 1. The van der Waals surface area contributed by atoms with Crippen LogP contribution in [0.5, 0.6) is 11.5 Å². The van der Waals surface area contributed by atoms with Crippen LogP contribution in [0, 0.1) is 13.8 Å². The summed E-state index contributed by atoms with van der Waals surface area (Å²) in [5.41, 5.74) is 4.67. The Kier molecular flexibility index (Phi) is 6.80. The molecule has 198 valence electrons. The lowest BCUT2D eigenvalue weighted by Crippen LogP contribution is -2.19. The monoisotopic (exact) mass is 542 g/mol. The van der Waals surface area contributed by atoms with Gasteiger partial charge in [0.2, 0.25) is 5.95 Å². The van der Waals surface area contributed by atoms with Crippen molar-refractivity contribution in [3.63, 3.8) is 0 Å². The molecule has 39 heavy (non-hydrogen) atoms. The minimum Gasteiger partial charge on any atom is -0.497 e. The van der Waals surface area contributed by atoms with Crippen LogP contribution in [0.15, 0.2) is 88.8 Å². The van der Waals surface area contributed by atoms with Crippen molar-refractivity contribution >= 4 is 26.9 Å². The van der Waals surface area contributed by atoms with E-state index < -0.39 is 10.0 Å². The van der Waals surface area contributed by atoms with Gasteiger partial charge < -0.3 is 9.47 Å². The first-order valence-electron chi connectivity index (χ1n) is 12.0. The maximum atomic E-state index is 13.2. The van der Waals surface area contributed by atoms with E-state index in [1.807, 2.05) is 38.1 Å². The molecule has 0 saturated carbocycles. The number of aromatic nitrogens is 3. The molecule has 0 aliphatic heterocycles. The molecule has 2 aromatic heterocycles. The molecule has 0 saturated heterocycles. The third kappa shape index (κ3) is 5.06. The average molecular weight is 543 g/mol. The fourth-order valence-corrected chi connectivity index (χ4v) is 5.51. The van der Waals surface area contributed by atoms with E-state index in [0.717, 1.165) is 28.0 Å². The van der Waals surface area contributed by atoms with Crippen LogP contribution >= 0.6 is 0 Å². The molecule has 5 rings (SSSR count). The van der Waals surface area contributed by atoms with Crippen molar-refractivity contribution in [2.45, 2.75) is 18.7 Å². The molecule has 0 atom stereocenters. The van der Waals surface area contributed by atoms with Crippen LogP contribution in [0.3, 0.4) is 0 Å². The summed E-state index contributed by atoms with van der Waals surface area (Å²) in [5, 5.41) is 0.554. The summed E-state index contributed by atoms with van der Waals surface area (Å²) in [6.45, 7) is 3.96. The highest BCUT2D eigenvalue weighted by molar-refractivity contribution is 7.92. The highest BCUT2D eigenvalue weighted by Crippen LogP contribution is 2.35. The van der Waals surface area contributed by atoms with E-state index >= 15 is 0 Å². The maximum Gasteiger partial charge on any atom is 0.264 e. The SMILES string of the molecule is COc1cc(C)cc(-c2cc(OC)c(-n3c(=O)ccc4cc(S(=O)(=O)Nc5ncccn5)ccc43)cc2C)c1. The van der Waals surface area contributed by atoms with Crippen molar-refractivity contribution in [1.82, 2.24) is 14.5 Å². The molecule has 0 bridgehead atoms. The Balaban J connectivity index is 1.63. The molecule has 5 aromatic rings. The van der Waals surface area contributed by atoms with Crippen LogP contribution in [-0.2, 0) is 10.0 Å². The third-order valence-electron chi connectivity index (χ3n) is 6.33. The van der Waals surface area contributed by atoms with Gasteiger partial charge in [0, 0.05) is 23.8 Å². The number of hydrogen-bond acceptors (Lipinski definition) is 7. The zero-order chi connectivity index (χ0) is 27.7. The van der Waals surface area contributed by atoms with E-state index in [1.54, 1.807) is 32.4 Å². The molecule has 2 heterocycles. The predicted octanol–water partition coefficient (Wildman–Crippen LogP) is 4.88. The van der Waals surface area contributed by atoms with Gasteiger partial charge in [0.15, 0.2) is 0 Å². The number of anilines is 1. The standard InChI is InChI=1S/C29H26N4O5S/c1-18-12-21(15-22(13-18)37-3)24-17-27(38-4)26(14-19(24)2)33-25-8-7-23(16-20(25)6-9-28(33)34)39(35,36)32-29-30-10-5-11-31-29/h5-17H,1-4H3,(H,30,31,32). The molecule has 1 N–H and O–H groups in total. The number of rotatable bonds is 7.